The number of nitrogens with zero attached hydrogens (tertiary/aromatic N) is 2. The second-order valence-corrected chi connectivity index (χ2v) is 16.1. The first-order valence-electron chi connectivity index (χ1n) is 19.6. The summed E-state index contributed by atoms with van der Waals surface area (Å²) in [6, 6.07) is 57.2. The van der Waals surface area contributed by atoms with Crippen molar-refractivity contribution in [3.05, 3.63) is 220 Å². The molecule has 6 aromatic carbocycles. The largest absolute Gasteiger partial charge is 0.340 e. The first-order chi connectivity index (χ1) is 27.7. The zero-order valence-corrected chi connectivity index (χ0v) is 31.7. The van der Waals surface area contributed by atoms with Gasteiger partial charge in [-0.1, -0.05) is 158 Å². The highest BCUT2D eigenvalue weighted by atomic mass is 32.1. The van der Waals surface area contributed by atoms with Crippen LogP contribution < -0.4 is 5.32 Å². The van der Waals surface area contributed by atoms with Crippen LogP contribution in [0.25, 0.3) is 49.2 Å². The van der Waals surface area contributed by atoms with Gasteiger partial charge in [0.25, 0.3) is 0 Å². The van der Waals surface area contributed by atoms with Crippen LogP contribution >= 0.6 is 11.3 Å². The number of fused-ring (bicyclic) bond motifs is 6. The smallest absolute Gasteiger partial charge is 0.133 e. The van der Waals surface area contributed by atoms with Crippen molar-refractivity contribution in [1.29, 1.82) is 0 Å². The van der Waals surface area contributed by atoms with Gasteiger partial charge in [0.05, 0.1) is 17.6 Å². The minimum absolute atomic E-state index is 0.103. The summed E-state index contributed by atoms with van der Waals surface area (Å²) in [7, 11) is 0. The summed E-state index contributed by atoms with van der Waals surface area (Å²) in [5.41, 5.74) is 12.4. The number of rotatable bonds is 6. The van der Waals surface area contributed by atoms with E-state index in [0.29, 0.717) is 5.92 Å². The lowest BCUT2D eigenvalue weighted by Gasteiger charge is -2.27. The molecule has 56 heavy (non-hydrogen) atoms. The summed E-state index contributed by atoms with van der Waals surface area (Å²) in [6.07, 6.45) is 13.7. The molecule has 0 saturated heterocycles. The number of hydrogen-bond acceptors (Lipinski definition) is 3. The minimum atomic E-state index is -0.103. The molecule has 0 bridgehead atoms. The molecule has 0 fully saturated rings. The van der Waals surface area contributed by atoms with Crippen LogP contribution in [0.3, 0.4) is 0 Å². The van der Waals surface area contributed by atoms with Gasteiger partial charge < -0.3 is 9.88 Å². The molecule has 3 unspecified atom stereocenters. The molecule has 2 aliphatic carbocycles. The number of aliphatic imine (C=N–C) groups is 1. The fourth-order valence-corrected chi connectivity index (χ4v) is 10.3. The Balaban J connectivity index is 1.05. The number of amidine groups is 1. The average molecular weight is 738 g/mol. The number of allylic oxidation sites excluding steroid dienone is 3. The van der Waals surface area contributed by atoms with Gasteiger partial charge >= 0.3 is 0 Å². The van der Waals surface area contributed by atoms with Gasteiger partial charge in [-0.05, 0) is 76.6 Å². The van der Waals surface area contributed by atoms with E-state index in [1.807, 2.05) is 11.3 Å². The number of thiophene rings is 1. The molecule has 0 spiro atoms. The first-order valence-corrected chi connectivity index (χ1v) is 20.4. The van der Waals surface area contributed by atoms with E-state index in [2.05, 4.69) is 198 Å². The predicted octanol–water partition coefficient (Wildman–Crippen LogP) is 13.0. The molecule has 3 nitrogen and oxygen atoms in total. The number of para-hydroxylation sites is 1. The SMILES string of the molecule is C1=CC(c2ccccc2)CC=C1C1C=C(c2ccc3c4ccccc4n(C4CC(c5ccccc5)=Cc5c4sc4ccccc54)c3c2)NC(c2ccccc2)=N1. The normalized spacial score (nSPS) is 19.2. The average Bonchev–Trinajstić information content (AvgIpc) is 3.82. The molecule has 3 aliphatic rings. The standard InChI is InChI=1S/C52H39N3S/c1-4-14-34(15-5-1)36-24-26-37(27-25-36)45-33-46(54-52(53-45)38-18-8-3-9-19-38)39-28-29-42-41-20-10-12-22-47(41)55(48(42)31-39)49-32-40(35-16-6-2-7-17-35)30-44-43-21-11-13-23-50(43)56-51(44)49/h1-24,26-31,33,36,45,49H,25,32H2,(H,53,54). The van der Waals surface area contributed by atoms with Gasteiger partial charge in [-0.2, -0.15) is 0 Å². The van der Waals surface area contributed by atoms with Crippen LogP contribution in [-0.2, 0) is 0 Å². The zero-order valence-electron chi connectivity index (χ0n) is 30.8. The van der Waals surface area contributed by atoms with Crippen LogP contribution in [0.1, 0.15) is 57.5 Å². The lowest BCUT2D eigenvalue weighted by molar-refractivity contribution is 0.645. The predicted molar refractivity (Wildman–Crippen MR) is 237 cm³/mol. The quantitative estimate of drug-likeness (QED) is 0.181. The Bertz CT molecular complexity index is 2940. The summed E-state index contributed by atoms with van der Waals surface area (Å²) < 4.78 is 3.98. The highest BCUT2D eigenvalue weighted by molar-refractivity contribution is 7.19. The molecule has 0 radical (unpaired) electrons. The van der Waals surface area contributed by atoms with Crippen molar-refractivity contribution in [3.8, 4) is 0 Å². The molecule has 268 valence electrons. The van der Waals surface area contributed by atoms with Crippen LogP contribution in [0.4, 0.5) is 0 Å². The molecular formula is C52H39N3S. The van der Waals surface area contributed by atoms with Gasteiger partial charge in [-0.3, -0.25) is 4.99 Å². The Labute approximate surface area is 331 Å². The van der Waals surface area contributed by atoms with Crippen molar-refractivity contribution < 1.29 is 0 Å². The van der Waals surface area contributed by atoms with Crippen LogP contribution in [-0.4, -0.2) is 16.4 Å². The maximum absolute atomic E-state index is 5.32. The van der Waals surface area contributed by atoms with Crippen LogP contribution in [0.5, 0.6) is 0 Å². The van der Waals surface area contributed by atoms with Crippen molar-refractivity contribution in [2.24, 2.45) is 4.99 Å². The second kappa shape index (κ2) is 13.7. The van der Waals surface area contributed by atoms with E-state index in [4.69, 9.17) is 4.99 Å². The molecule has 1 aliphatic heterocycles. The Morgan fingerprint density at radius 1 is 0.643 bits per heavy atom. The van der Waals surface area contributed by atoms with E-state index in [-0.39, 0.29) is 12.1 Å². The highest BCUT2D eigenvalue weighted by Crippen LogP contribution is 2.49. The summed E-state index contributed by atoms with van der Waals surface area (Å²) >= 11 is 1.95. The molecule has 3 atom stereocenters. The Hall–Kier alpha value is -6.49. The summed E-state index contributed by atoms with van der Waals surface area (Å²) in [5, 5.41) is 7.69. The highest BCUT2D eigenvalue weighted by Gasteiger charge is 2.30. The van der Waals surface area contributed by atoms with Crippen molar-refractivity contribution in [1.82, 2.24) is 9.88 Å². The fraction of sp³-hybridized carbons (Fsp3) is 0.0962. The summed E-state index contributed by atoms with van der Waals surface area (Å²) in [6.45, 7) is 0. The van der Waals surface area contributed by atoms with E-state index >= 15 is 0 Å². The molecule has 4 heteroatoms. The van der Waals surface area contributed by atoms with E-state index < -0.39 is 0 Å². The van der Waals surface area contributed by atoms with Crippen LogP contribution in [0.2, 0.25) is 0 Å². The molecule has 3 heterocycles. The maximum atomic E-state index is 5.32. The van der Waals surface area contributed by atoms with Gasteiger partial charge in [0.1, 0.15) is 5.84 Å². The van der Waals surface area contributed by atoms with Crippen LogP contribution in [0.15, 0.2) is 193 Å². The van der Waals surface area contributed by atoms with Gasteiger partial charge in [0, 0.05) is 48.4 Å². The molecule has 2 aromatic heterocycles. The fourth-order valence-electron chi connectivity index (χ4n) is 9.00. The molecule has 0 saturated carbocycles. The van der Waals surface area contributed by atoms with Crippen molar-refractivity contribution in [2.45, 2.75) is 30.8 Å². The Morgan fingerprint density at radius 2 is 1.34 bits per heavy atom. The van der Waals surface area contributed by atoms with Crippen molar-refractivity contribution >= 4 is 66.4 Å². The number of hydrogen-bond donors (Lipinski definition) is 1. The molecule has 0 amide bonds. The molecular weight excluding hydrogens is 699 g/mol. The number of benzene rings is 6. The van der Waals surface area contributed by atoms with Crippen molar-refractivity contribution in [2.75, 3.05) is 0 Å². The van der Waals surface area contributed by atoms with E-state index in [9.17, 15) is 0 Å². The zero-order chi connectivity index (χ0) is 37.0. The third-order valence-electron chi connectivity index (χ3n) is 11.8. The summed E-state index contributed by atoms with van der Waals surface area (Å²) in [4.78, 5) is 6.75. The van der Waals surface area contributed by atoms with E-state index in [1.165, 1.54) is 64.6 Å². The lowest BCUT2D eigenvalue weighted by atomic mass is 9.87. The third kappa shape index (κ3) is 5.68. The number of aromatic nitrogens is 1. The van der Waals surface area contributed by atoms with Gasteiger partial charge in [0.2, 0.25) is 0 Å². The Morgan fingerprint density at radius 3 is 2.12 bits per heavy atom. The van der Waals surface area contributed by atoms with Crippen molar-refractivity contribution in [3.63, 3.8) is 0 Å². The number of nitrogens with one attached hydrogen (secondary N) is 1. The van der Waals surface area contributed by atoms with Gasteiger partial charge in [0.15, 0.2) is 0 Å². The summed E-state index contributed by atoms with van der Waals surface area (Å²) in [5.74, 6) is 1.28. The first kappa shape index (κ1) is 32.9. The van der Waals surface area contributed by atoms with Crippen LogP contribution in [0, 0.1) is 0 Å². The third-order valence-corrected chi connectivity index (χ3v) is 13.1. The maximum Gasteiger partial charge on any atom is 0.133 e. The lowest BCUT2D eigenvalue weighted by Crippen LogP contribution is -2.30. The van der Waals surface area contributed by atoms with E-state index in [1.54, 1.807) is 0 Å². The van der Waals surface area contributed by atoms with Gasteiger partial charge in [-0.25, -0.2) is 0 Å². The molecule has 11 rings (SSSR count). The molecule has 8 aromatic rings. The topological polar surface area (TPSA) is 29.3 Å². The molecule has 1 N–H and O–H groups in total. The van der Waals surface area contributed by atoms with Gasteiger partial charge in [-0.15, -0.1) is 11.3 Å². The minimum Gasteiger partial charge on any atom is -0.340 e. The van der Waals surface area contributed by atoms with E-state index in [0.717, 1.165) is 35.5 Å². The monoisotopic (exact) mass is 737 g/mol. The Kier molecular flexibility index (Phi) is 8.03. The second-order valence-electron chi connectivity index (χ2n) is 15.1.